The minimum absolute atomic E-state index is 0.0636. The number of hydrogen-bond donors (Lipinski definition) is 2. The van der Waals surface area contributed by atoms with Crippen LogP contribution in [0.15, 0.2) is 0 Å². The highest BCUT2D eigenvalue weighted by Gasteiger charge is 2.30. The van der Waals surface area contributed by atoms with E-state index in [2.05, 4.69) is 15.5 Å². The average Bonchev–Trinajstić information content (AvgIpc) is 2.84. The summed E-state index contributed by atoms with van der Waals surface area (Å²) in [7, 11) is 1.95. The topological polar surface area (TPSA) is 64.7 Å². The summed E-state index contributed by atoms with van der Waals surface area (Å²) in [6.45, 7) is 3.40. The van der Waals surface area contributed by atoms with E-state index >= 15 is 0 Å². The number of urea groups is 1. The molecule has 2 fully saturated rings. The quantitative estimate of drug-likeness (QED) is 0.737. The fourth-order valence-corrected chi connectivity index (χ4v) is 2.87. The van der Waals surface area contributed by atoms with Crippen molar-refractivity contribution in [3.8, 4) is 0 Å². The number of piperidine rings is 1. The molecule has 108 valence electrons. The van der Waals surface area contributed by atoms with Crippen molar-refractivity contribution in [3.05, 3.63) is 0 Å². The summed E-state index contributed by atoms with van der Waals surface area (Å²) in [6, 6.07) is 0.226. The lowest BCUT2D eigenvalue weighted by Crippen LogP contribution is -2.48. The van der Waals surface area contributed by atoms with E-state index in [1.807, 2.05) is 7.05 Å². The van der Waals surface area contributed by atoms with Gasteiger partial charge in [0.1, 0.15) is 0 Å². The molecule has 19 heavy (non-hydrogen) atoms. The summed E-state index contributed by atoms with van der Waals surface area (Å²) in [6.07, 6.45) is 4.61. The molecule has 1 unspecified atom stereocenters. The molecule has 6 heteroatoms. The van der Waals surface area contributed by atoms with Crippen molar-refractivity contribution in [3.63, 3.8) is 0 Å². The van der Waals surface area contributed by atoms with Gasteiger partial charge in [0.25, 0.3) is 0 Å². The Morgan fingerprint density at radius 1 is 1.42 bits per heavy atom. The van der Waals surface area contributed by atoms with Crippen LogP contribution in [0.1, 0.15) is 25.7 Å². The molecule has 0 aliphatic carbocycles. The summed E-state index contributed by atoms with van der Waals surface area (Å²) in [5.74, 6) is -0.0636. The Morgan fingerprint density at radius 3 is 2.95 bits per heavy atom. The second-order valence-electron chi connectivity index (χ2n) is 5.29. The predicted octanol–water partition coefficient (Wildman–Crippen LogP) is 0.00220. The highest BCUT2D eigenvalue weighted by atomic mass is 16.2. The van der Waals surface area contributed by atoms with Gasteiger partial charge in [0.15, 0.2) is 0 Å². The number of likely N-dealkylation sites (tertiary alicyclic amines) is 1. The van der Waals surface area contributed by atoms with Gasteiger partial charge in [-0.2, -0.15) is 0 Å². The first-order valence-electron chi connectivity index (χ1n) is 7.19. The summed E-state index contributed by atoms with van der Waals surface area (Å²) < 4.78 is 0. The predicted molar refractivity (Wildman–Crippen MR) is 72.9 cm³/mol. The number of nitrogens with one attached hydrogen (secondary N) is 2. The molecular formula is C13H24N4O2. The molecule has 2 heterocycles. The lowest BCUT2D eigenvalue weighted by molar-refractivity contribution is -0.129. The molecule has 2 aliphatic rings. The van der Waals surface area contributed by atoms with Crippen LogP contribution in [0, 0.1) is 0 Å². The zero-order valence-electron chi connectivity index (χ0n) is 11.7. The first kappa shape index (κ1) is 14.3. The van der Waals surface area contributed by atoms with Crippen LogP contribution in [0.25, 0.3) is 0 Å². The smallest absolute Gasteiger partial charge is 0.324 e. The number of hydrogen-bond acceptors (Lipinski definition) is 4. The van der Waals surface area contributed by atoms with Gasteiger partial charge in [0, 0.05) is 19.1 Å². The summed E-state index contributed by atoms with van der Waals surface area (Å²) in [5.41, 5.74) is 0. The number of carbonyl (C=O) groups excluding carboxylic acids is 2. The van der Waals surface area contributed by atoms with Crippen LogP contribution in [0.4, 0.5) is 4.79 Å². The van der Waals surface area contributed by atoms with Crippen LogP contribution in [0.2, 0.25) is 0 Å². The number of imide groups is 1. The maximum absolute atomic E-state index is 12.2. The van der Waals surface area contributed by atoms with Gasteiger partial charge in [-0.3, -0.25) is 14.6 Å². The molecule has 1 atom stereocenters. The van der Waals surface area contributed by atoms with Crippen molar-refractivity contribution in [2.75, 3.05) is 39.8 Å². The second kappa shape index (κ2) is 6.86. The van der Waals surface area contributed by atoms with Crippen molar-refractivity contribution in [2.24, 2.45) is 0 Å². The zero-order chi connectivity index (χ0) is 13.7. The van der Waals surface area contributed by atoms with Crippen molar-refractivity contribution >= 4 is 11.9 Å². The van der Waals surface area contributed by atoms with E-state index in [9.17, 15) is 9.59 Å². The van der Waals surface area contributed by atoms with Crippen molar-refractivity contribution in [1.82, 2.24) is 20.4 Å². The highest BCUT2D eigenvalue weighted by molar-refractivity contribution is 5.96. The monoisotopic (exact) mass is 268 g/mol. The third-order valence-corrected chi connectivity index (χ3v) is 3.97. The number of carbonyl (C=O) groups is 2. The molecule has 0 aromatic rings. The Hall–Kier alpha value is -1.14. The Balaban J connectivity index is 1.87. The minimum Gasteiger partial charge on any atom is -0.336 e. The van der Waals surface area contributed by atoms with Crippen molar-refractivity contribution in [2.45, 2.75) is 31.7 Å². The Kier molecular flexibility index (Phi) is 5.15. The van der Waals surface area contributed by atoms with E-state index < -0.39 is 0 Å². The third kappa shape index (κ3) is 3.67. The lowest BCUT2D eigenvalue weighted by Gasteiger charge is -2.35. The fourth-order valence-electron chi connectivity index (χ4n) is 2.87. The minimum atomic E-state index is -0.242. The first-order valence-corrected chi connectivity index (χ1v) is 7.19. The molecular weight excluding hydrogens is 244 g/mol. The van der Waals surface area contributed by atoms with E-state index in [4.69, 9.17) is 0 Å². The van der Waals surface area contributed by atoms with Crippen molar-refractivity contribution < 1.29 is 9.59 Å². The van der Waals surface area contributed by atoms with Gasteiger partial charge in [-0.25, -0.2) is 4.79 Å². The molecule has 0 bridgehead atoms. The lowest BCUT2D eigenvalue weighted by atomic mass is 9.99. The van der Waals surface area contributed by atoms with Crippen molar-refractivity contribution in [1.29, 1.82) is 0 Å². The van der Waals surface area contributed by atoms with E-state index in [0.717, 1.165) is 32.4 Å². The maximum atomic E-state index is 12.2. The first-order chi connectivity index (χ1) is 9.22. The molecule has 2 N–H and O–H groups in total. The summed E-state index contributed by atoms with van der Waals surface area (Å²) in [4.78, 5) is 27.2. The van der Waals surface area contributed by atoms with Crippen LogP contribution in [0.5, 0.6) is 0 Å². The Labute approximate surface area is 114 Å². The largest absolute Gasteiger partial charge is 0.336 e. The molecule has 0 saturated carbocycles. The number of rotatable bonds is 5. The molecule has 3 amide bonds. The van der Waals surface area contributed by atoms with Crippen LogP contribution in [-0.4, -0.2) is 67.6 Å². The zero-order valence-corrected chi connectivity index (χ0v) is 11.7. The van der Waals surface area contributed by atoms with Gasteiger partial charge in [-0.1, -0.05) is 6.42 Å². The number of nitrogens with zero attached hydrogens (tertiary/aromatic N) is 2. The van der Waals surface area contributed by atoms with Gasteiger partial charge in [0.2, 0.25) is 5.91 Å². The molecule has 2 saturated heterocycles. The van der Waals surface area contributed by atoms with Crippen LogP contribution < -0.4 is 10.6 Å². The van der Waals surface area contributed by atoms with E-state index in [-0.39, 0.29) is 11.9 Å². The molecule has 0 aromatic heterocycles. The number of amides is 3. The Morgan fingerprint density at radius 2 is 2.26 bits per heavy atom. The van der Waals surface area contributed by atoms with Gasteiger partial charge in [-0.15, -0.1) is 0 Å². The molecule has 0 spiro atoms. The molecule has 2 rings (SSSR count). The average molecular weight is 268 g/mol. The molecule has 6 nitrogen and oxygen atoms in total. The Bertz CT molecular complexity index is 335. The third-order valence-electron chi connectivity index (χ3n) is 3.97. The van der Waals surface area contributed by atoms with E-state index in [1.165, 1.54) is 11.3 Å². The van der Waals surface area contributed by atoms with Crippen LogP contribution in [-0.2, 0) is 4.79 Å². The van der Waals surface area contributed by atoms with E-state index in [0.29, 0.717) is 25.7 Å². The summed E-state index contributed by atoms with van der Waals surface area (Å²) >= 11 is 0. The van der Waals surface area contributed by atoms with Crippen LogP contribution >= 0.6 is 0 Å². The highest BCUT2D eigenvalue weighted by Crippen LogP contribution is 2.19. The van der Waals surface area contributed by atoms with Gasteiger partial charge in [0.05, 0.1) is 6.54 Å². The molecule has 2 aliphatic heterocycles. The SMILES string of the molecule is CNCCC1CCCCN1CC(=O)N1CCNC1=O. The van der Waals surface area contributed by atoms with E-state index in [1.54, 1.807) is 0 Å². The van der Waals surface area contributed by atoms with Gasteiger partial charge >= 0.3 is 6.03 Å². The fraction of sp³-hybridized carbons (Fsp3) is 0.846. The second-order valence-corrected chi connectivity index (χ2v) is 5.29. The molecule has 0 aromatic carbocycles. The maximum Gasteiger partial charge on any atom is 0.324 e. The van der Waals surface area contributed by atoms with Gasteiger partial charge < -0.3 is 10.6 Å². The van der Waals surface area contributed by atoms with Gasteiger partial charge in [-0.05, 0) is 39.4 Å². The standard InChI is InChI=1S/C13H24N4O2/c1-14-6-5-11-4-2-3-8-16(11)10-12(18)17-9-7-15-13(17)19/h11,14H,2-10H2,1H3,(H,15,19). The van der Waals surface area contributed by atoms with Crippen LogP contribution in [0.3, 0.4) is 0 Å². The normalized spacial score (nSPS) is 24.6. The molecule has 0 radical (unpaired) electrons. The summed E-state index contributed by atoms with van der Waals surface area (Å²) in [5, 5.41) is 5.84.